The fourth-order valence-corrected chi connectivity index (χ4v) is 3.22. The minimum atomic E-state index is 0.301. The number of para-hydroxylation sites is 1. The summed E-state index contributed by atoms with van der Waals surface area (Å²) in [6.07, 6.45) is 8.16. The lowest BCUT2D eigenvalue weighted by atomic mass is 9.98. The van der Waals surface area contributed by atoms with Crippen LogP contribution >= 0.6 is 0 Å². The minimum Gasteiger partial charge on any atom is -0.350 e. The maximum Gasteiger partial charge on any atom is 0.222 e. The Balaban J connectivity index is 1.79. The van der Waals surface area contributed by atoms with Crippen LogP contribution in [0.3, 0.4) is 0 Å². The lowest BCUT2D eigenvalue weighted by Crippen LogP contribution is -2.34. The van der Waals surface area contributed by atoms with Gasteiger partial charge < -0.3 is 9.47 Å². The molecule has 2 aromatic rings. The van der Waals surface area contributed by atoms with Gasteiger partial charge in [-0.25, -0.2) is 0 Å². The minimum absolute atomic E-state index is 0.301. The number of carbonyl (C=O) groups excluding carboxylic acids is 1. The molecule has 1 amide bonds. The van der Waals surface area contributed by atoms with Crippen molar-refractivity contribution < 1.29 is 4.79 Å². The predicted molar refractivity (Wildman–Crippen MR) is 91.6 cm³/mol. The summed E-state index contributed by atoms with van der Waals surface area (Å²) >= 11 is 0. The van der Waals surface area contributed by atoms with E-state index in [0.29, 0.717) is 12.3 Å². The fourth-order valence-electron chi connectivity index (χ4n) is 3.22. The molecule has 1 aliphatic heterocycles. The molecule has 116 valence electrons. The summed E-state index contributed by atoms with van der Waals surface area (Å²) in [6.45, 7) is 3.72. The first-order chi connectivity index (χ1) is 10.7. The van der Waals surface area contributed by atoms with Gasteiger partial charge in [0.2, 0.25) is 5.91 Å². The highest BCUT2D eigenvalue weighted by molar-refractivity contribution is 5.93. The van der Waals surface area contributed by atoms with E-state index in [1.54, 1.807) is 0 Å². The van der Waals surface area contributed by atoms with E-state index >= 15 is 0 Å². The van der Waals surface area contributed by atoms with Gasteiger partial charge in [-0.05, 0) is 24.5 Å². The molecule has 3 nitrogen and oxygen atoms in total. The SMILES string of the molecule is CCCCC(=O)N1CC=C(c2cn(C)c3ccccc23)CC1. The Morgan fingerprint density at radius 2 is 2.09 bits per heavy atom. The molecule has 0 atom stereocenters. The van der Waals surface area contributed by atoms with Gasteiger partial charge in [0.05, 0.1) is 0 Å². The summed E-state index contributed by atoms with van der Waals surface area (Å²) in [4.78, 5) is 14.1. The first-order valence-corrected chi connectivity index (χ1v) is 8.22. The van der Waals surface area contributed by atoms with Crippen LogP contribution in [0.5, 0.6) is 0 Å². The predicted octanol–water partition coefficient (Wildman–Crippen LogP) is 3.98. The number of carbonyl (C=O) groups is 1. The summed E-state index contributed by atoms with van der Waals surface area (Å²) in [5.74, 6) is 0.301. The van der Waals surface area contributed by atoms with E-state index in [9.17, 15) is 4.79 Å². The molecule has 2 heterocycles. The molecule has 0 aliphatic carbocycles. The Kier molecular flexibility index (Phi) is 4.32. The Hall–Kier alpha value is -2.03. The van der Waals surface area contributed by atoms with Crippen LogP contribution in [0, 0.1) is 0 Å². The van der Waals surface area contributed by atoms with Crippen LogP contribution in [-0.2, 0) is 11.8 Å². The van der Waals surface area contributed by atoms with Crippen molar-refractivity contribution in [2.24, 2.45) is 7.05 Å². The van der Waals surface area contributed by atoms with Gasteiger partial charge in [-0.15, -0.1) is 0 Å². The van der Waals surface area contributed by atoms with E-state index < -0.39 is 0 Å². The van der Waals surface area contributed by atoms with Gasteiger partial charge in [0, 0.05) is 49.2 Å². The molecule has 1 aromatic carbocycles. The second kappa shape index (κ2) is 6.39. The zero-order valence-corrected chi connectivity index (χ0v) is 13.5. The van der Waals surface area contributed by atoms with Crippen molar-refractivity contribution in [1.29, 1.82) is 0 Å². The van der Waals surface area contributed by atoms with Gasteiger partial charge in [-0.2, -0.15) is 0 Å². The Morgan fingerprint density at radius 1 is 1.27 bits per heavy atom. The van der Waals surface area contributed by atoms with E-state index in [1.165, 1.54) is 22.0 Å². The molecule has 3 heteroatoms. The molecule has 1 aromatic heterocycles. The highest BCUT2D eigenvalue weighted by atomic mass is 16.2. The average Bonchev–Trinajstić information content (AvgIpc) is 2.90. The molecule has 0 fully saturated rings. The van der Waals surface area contributed by atoms with Crippen molar-refractivity contribution in [3.8, 4) is 0 Å². The number of nitrogens with zero attached hydrogens (tertiary/aromatic N) is 2. The zero-order valence-electron chi connectivity index (χ0n) is 13.5. The summed E-state index contributed by atoms with van der Waals surface area (Å²) < 4.78 is 2.18. The highest BCUT2D eigenvalue weighted by Gasteiger charge is 2.19. The normalized spacial score (nSPS) is 15.2. The van der Waals surface area contributed by atoms with Crippen molar-refractivity contribution in [1.82, 2.24) is 9.47 Å². The number of rotatable bonds is 4. The fraction of sp³-hybridized carbons (Fsp3) is 0.421. The topological polar surface area (TPSA) is 25.2 Å². The monoisotopic (exact) mass is 296 g/mol. The van der Waals surface area contributed by atoms with Gasteiger partial charge >= 0.3 is 0 Å². The second-order valence-electron chi connectivity index (χ2n) is 6.09. The van der Waals surface area contributed by atoms with Crippen molar-refractivity contribution >= 4 is 22.4 Å². The van der Waals surface area contributed by atoms with Gasteiger partial charge in [0.25, 0.3) is 0 Å². The molecule has 0 N–H and O–H groups in total. The van der Waals surface area contributed by atoms with Crippen molar-refractivity contribution in [2.45, 2.75) is 32.6 Å². The van der Waals surface area contributed by atoms with Crippen LogP contribution < -0.4 is 0 Å². The number of aryl methyl sites for hydroxylation is 1. The third kappa shape index (κ3) is 2.80. The Bertz CT molecular complexity index is 711. The molecule has 0 spiro atoms. The van der Waals surface area contributed by atoms with Gasteiger partial charge in [0.15, 0.2) is 0 Å². The summed E-state index contributed by atoms with van der Waals surface area (Å²) in [6, 6.07) is 8.51. The first-order valence-electron chi connectivity index (χ1n) is 8.22. The third-order valence-electron chi connectivity index (χ3n) is 4.55. The van der Waals surface area contributed by atoms with Crippen molar-refractivity contribution in [2.75, 3.05) is 13.1 Å². The van der Waals surface area contributed by atoms with E-state index in [2.05, 4.69) is 55.1 Å². The summed E-state index contributed by atoms with van der Waals surface area (Å²) in [5.41, 5.74) is 3.95. The van der Waals surface area contributed by atoms with Gasteiger partial charge in [-0.1, -0.05) is 37.6 Å². The quantitative estimate of drug-likeness (QED) is 0.837. The zero-order chi connectivity index (χ0) is 15.5. The standard InChI is InChI=1S/C19H24N2O/c1-3-4-9-19(22)21-12-10-15(11-13-21)17-14-20(2)18-8-6-5-7-16(17)18/h5-8,10,14H,3-4,9,11-13H2,1-2H3. The molecule has 0 unspecified atom stereocenters. The number of unbranched alkanes of at least 4 members (excludes halogenated alkanes) is 1. The maximum atomic E-state index is 12.1. The number of aromatic nitrogens is 1. The van der Waals surface area contributed by atoms with Crippen molar-refractivity contribution in [3.05, 3.63) is 42.1 Å². The van der Waals surface area contributed by atoms with E-state index in [1.807, 2.05) is 4.90 Å². The molecule has 0 saturated carbocycles. The van der Waals surface area contributed by atoms with E-state index in [4.69, 9.17) is 0 Å². The number of hydrogen-bond donors (Lipinski definition) is 0. The second-order valence-corrected chi connectivity index (χ2v) is 6.09. The largest absolute Gasteiger partial charge is 0.350 e. The molecule has 0 bridgehead atoms. The number of benzene rings is 1. The number of amides is 1. The van der Waals surface area contributed by atoms with Crippen LogP contribution in [0.1, 0.15) is 38.2 Å². The molecular formula is C19H24N2O. The Morgan fingerprint density at radius 3 is 2.82 bits per heavy atom. The molecular weight excluding hydrogens is 272 g/mol. The first kappa shape index (κ1) is 14.9. The van der Waals surface area contributed by atoms with Crippen LogP contribution in [0.4, 0.5) is 0 Å². The van der Waals surface area contributed by atoms with Crippen molar-refractivity contribution in [3.63, 3.8) is 0 Å². The maximum absolute atomic E-state index is 12.1. The molecule has 0 saturated heterocycles. The third-order valence-corrected chi connectivity index (χ3v) is 4.55. The molecule has 0 radical (unpaired) electrons. The highest BCUT2D eigenvalue weighted by Crippen LogP contribution is 2.30. The summed E-state index contributed by atoms with van der Waals surface area (Å²) in [5, 5.41) is 1.31. The van der Waals surface area contributed by atoms with Gasteiger partial charge in [-0.3, -0.25) is 4.79 Å². The van der Waals surface area contributed by atoms with Gasteiger partial charge in [0.1, 0.15) is 0 Å². The number of fused-ring (bicyclic) bond motifs is 1. The smallest absolute Gasteiger partial charge is 0.222 e. The van der Waals surface area contributed by atoms with Crippen LogP contribution in [0.2, 0.25) is 0 Å². The van der Waals surface area contributed by atoms with E-state index in [0.717, 1.165) is 32.4 Å². The van der Waals surface area contributed by atoms with E-state index in [-0.39, 0.29) is 0 Å². The van der Waals surface area contributed by atoms with Crippen LogP contribution in [-0.4, -0.2) is 28.5 Å². The number of hydrogen-bond acceptors (Lipinski definition) is 1. The lowest BCUT2D eigenvalue weighted by Gasteiger charge is -2.26. The summed E-state index contributed by atoms with van der Waals surface area (Å²) in [7, 11) is 2.09. The van der Waals surface area contributed by atoms with Crippen LogP contribution in [0.15, 0.2) is 36.5 Å². The average molecular weight is 296 g/mol. The Labute approximate surface area is 132 Å². The lowest BCUT2D eigenvalue weighted by molar-refractivity contribution is -0.130. The molecule has 1 aliphatic rings. The van der Waals surface area contributed by atoms with Crippen LogP contribution in [0.25, 0.3) is 16.5 Å². The molecule has 3 rings (SSSR count). The molecule has 22 heavy (non-hydrogen) atoms.